The summed E-state index contributed by atoms with van der Waals surface area (Å²) in [6.45, 7) is 0.0373. The van der Waals surface area contributed by atoms with E-state index in [0.717, 1.165) is 29.7 Å². The minimum Gasteiger partial charge on any atom is -0.331 e. The van der Waals surface area contributed by atoms with Crippen molar-refractivity contribution in [3.8, 4) is 11.8 Å². The average Bonchev–Trinajstić information content (AvgIpc) is 3.00. The predicted molar refractivity (Wildman–Crippen MR) is 92.3 cm³/mol. The van der Waals surface area contributed by atoms with Crippen LogP contribution in [0.3, 0.4) is 0 Å². The van der Waals surface area contributed by atoms with Crippen molar-refractivity contribution in [3.63, 3.8) is 0 Å². The van der Waals surface area contributed by atoms with Crippen LogP contribution in [-0.2, 0) is 12.6 Å². The maximum Gasteiger partial charge on any atom is 0.416 e. The molecular weight excluding hydrogens is 360 g/mol. The second kappa shape index (κ2) is 7.70. The molecule has 0 heterocycles. The van der Waals surface area contributed by atoms with Gasteiger partial charge in [0.05, 0.1) is 18.2 Å². The molecule has 1 aliphatic carbocycles. The number of carbonyl (C=O) groups is 1. The highest BCUT2D eigenvalue weighted by Gasteiger charge is 2.29. The number of hydrogen-bond donors (Lipinski definition) is 2. The molecule has 1 atom stereocenters. The minimum atomic E-state index is -4.38. The third-order valence-electron chi connectivity index (χ3n) is 4.27. The van der Waals surface area contributed by atoms with Crippen molar-refractivity contribution in [2.75, 3.05) is 6.54 Å². The normalized spacial score (nSPS) is 15.5. The Morgan fingerprint density at radius 1 is 1.15 bits per heavy atom. The van der Waals surface area contributed by atoms with Crippen molar-refractivity contribution in [1.82, 2.24) is 10.6 Å². The highest BCUT2D eigenvalue weighted by atomic mass is 19.4. The molecule has 0 saturated heterocycles. The number of halogens is 4. The first-order valence-corrected chi connectivity index (χ1v) is 8.32. The molecule has 3 rings (SSSR count). The third kappa shape index (κ3) is 4.79. The van der Waals surface area contributed by atoms with Crippen LogP contribution in [0.4, 0.5) is 22.4 Å². The van der Waals surface area contributed by atoms with Crippen LogP contribution in [0.15, 0.2) is 42.5 Å². The van der Waals surface area contributed by atoms with Gasteiger partial charge in [0.25, 0.3) is 0 Å². The van der Waals surface area contributed by atoms with Gasteiger partial charge in [-0.1, -0.05) is 17.9 Å². The topological polar surface area (TPSA) is 41.1 Å². The van der Waals surface area contributed by atoms with Gasteiger partial charge in [-0.05, 0) is 60.4 Å². The number of amides is 2. The highest BCUT2D eigenvalue weighted by Crippen LogP contribution is 2.31. The molecule has 0 aromatic heterocycles. The molecule has 0 saturated carbocycles. The molecule has 0 spiro atoms. The second-order valence-electron chi connectivity index (χ2n) is 6.14. The Bertz CT molecular complexity index is 895. The van der Waals surface area contributed by atoms with Crippen LogP contribution in [0.1, 0.15) is 34.7 Å². The first kappa shape index (κ1) is 18.8. The molecule has 0 bridgehead atoms. The molecule has 2 aromatic carbocycles. The molecule has 7 heteroatoms. The first-order valence-electron chi connectivity index (χ1n) is 8.32. The van der Waals surface area contributed by atoms with Gasteiger partial charge in [0.2, 0.25) is 0 Å². The Balaban J connectivity index is 1.50. The molecule has 2 amide bonds. The maximum atomic E-state index is 13.4. The molecule has 1 aliphatic rings. The van der Waals surface area contributed by atoms with E-state index in [0.29, 0.717) is 12.0 Å². The van der Waals surface area contributed by atoms with Gasteiger partial charge in [0.1, 0.15) is 5.82 Å². The van der Waals surface area contributed by atoms with E-state index in [9.17, 15) is 22.4 Å². The molecule has 0 aliphatic heterocycles. The number of nitrogens with one attached hydrogen (secondary N) is 2. The lowest BCUT2D eigenvalue weighted by molar-refractivity contribution is -0.137. The summed E-state index contributed by atoms with van der Waals surface area (Å²) in [4.78, 5) is 12.0. The van der Waals surface area contributed by atoms with E-state index in [4.69, 9.17) is 0 Å². The molecular formula is C20H16F4N2O. The van der Waals surface area contributed by atoms with Gasteiger partial charge >= 0.3 is 12.2 Å². The summed E-state index contributed by atoms with van der Waals surface area (Å²) in [7, 11) is 0. The van der Waals surface area contributed by atoms with E-state index in [2.05, 4.69) is 22.5 Å². The van der Waals surface area contributed by atoms with Crippen LogP contribution < -0.4 is 10.6 Å². The third-order valence-corrected chi connectivity index (χ3v) is 4.27. The number of fused-ring (bicyclic) bond motifs is 1. The molecule has 0 radical (unpaired) electrons. The van der Waals surface area contributed by atoms with Crippen LogP contribution in [0.5, 0.6) is 0 Å². The largest absolute Gasteiger partial charge is 0.416 e. The number of carbonyl (C=O) groups excluding carboxylic acids is 1. The second-order valence-corrected chi connectivity index (χ2v) is 6.14. The van der Waals surface area contributed by atoms with Gasteiger partial charge < -0.3 is 10.6 Å². The van der Waals surface area contributed by atoms with Gasteiger partial charge in [0.15, 0.2) is 0 Å². The number of hydrogen-bond acceptors (Lipinski definition) is 1. The molecule has 0 unspecified atom stereocenters. The Labute approximate surface area is 153 Å². The molecule has 2 aromatic rings. The molecule has 2 N–H and O–H groups in total. The lowest BCUT2D eigenvalue weighted by Gasteiger charge is -2.14. The highest BCUT2D eigenvalue weighted by molar-refractivity contribution is 5.75. The van der Waals surface area contributed by atoms with E-state index in [-0.39, 0.29) is 18.4 Å². The van der Waals surface area contributed by atoms with Crippen LogP contribution in [0.25, 0.3) is 0 Å². The Morgan fingerprint density at radius 3 is 2.59 bits per heavy atom. The zero-order valence-corrected chi connectivity index (χ0v) is 14.2. The van der Waals surface area contributed by atoms with Crippen molar-refractivity contribution in [2.45, 2.75) is 25.1 Å². The quantitative estimate of drug-likeness (QED) is 0.599. The van der Waals surface area contributed by atoms with Crippen molar-refractivity contribution in [2.24, 2.45) is 0 Å². The van der Waals surface area contributed by atoms with Crippen LogP contribution in [0, 0.1) is 17.7 Å². The summed E-state index contributed by atoms with van der Waals surface area (Å²) in [5.41, 5.74) is 1.48. The fraction of sp³-hybridized carbons (Fsp3) is 0.250. The molecule has 27 heavy (non-hydrogen) atoms. The molecule has 0 fully saturated rings. The first-order chi connectivity index (χ1) is 12.8. The number of benzene rings is 2. The summed E-state index contributed by atoms with van der Waals surface area (Å²) in [6.07, 6.45) is -2.91. The predicted octanol–water partition coefficient (Wildman–Crippen LogP) is 4.18. The van der Waals surface area contributed by atoms with Gasteiger partial charge in [0, 0.05) is 5.56 Å². The van der Waals surface area contributed by atoms with Gasteiger partial charge in [-0.15, -0.1) is 0 Å². The summed E-state index contributed by atoms with van der Waals surface area (Å²) >= 11 is 0. The zero-order chi connectivity index (χ0) is 19.4. The Morgan fingerprint density at radius 2 is 1.89 bits per heavy atom. The summed E-state index contributed by atoms with van der Waals surface area (Å²) in [5.74, 6) is 5.02. The lowest BCUT2D eigenvalue weighted by Crippen LogP contribution is -2.37. The average molecular weight is 376 g/mol. The van der Waals surface area contributed by atoms with E-state index in [1.165, 1.54) is 24.3 Å². The SMILES string of the molecule is O=C(NCC#Cc1ccc(C(F)(F)F)cc1)N[C@H]1CCc2ccc(F)cc21. The Kier molecular flexibility index (Phi) is 5.36. The van der Waals surface area contributed by atoms with E-state index >= 15 is 0 Å². The van der Waals surface area contributed by atoms with Gasteiger partial charge in [-0.3, -0.25) is 0 Å². The van der Waals surface area contributed by atoms with Crippen molar-refractivity contribution >= 4 is 6.03 Å². The summed E-state index contributed by atoms with van der Waals surface area (Å²) in [5, 5.41) is 5.34. The number of aryl methyl sites for hydroxylation is 1. The van der Waals surface area contributed by atoms with Crippen LogP contribution in [-0.4, -0.2) is 12.6 Å². The van der Waals surface area contributed by atoms with Gasteiger partial charge in [-0.2, -0.15) is 13.2 Å². The van der Waals surface area contributed by atoms with E-state index in [1.54, 1.807) is 6.07 Å². The molecule has 140 valence electrons. The monoisotopic (exact) mass is 376 g/mol. The van der Waals surface area contributed by atoms with Gasteiger partial charge in [-0.25, -0.2) is 9.18 Å². The van der Waals surface area contributed by atoms with Crippen LogP contribution >= 0.6 is 0 Å². The van der Waals surface area contributed by atoms with Crippen LogP contribution in [0.2, 0.25) is 0 Å². The zero-order valence-electron chi connectivity index (χ0n) is 14.2. The van der Waals surface area contributed by atoms with Crippen molar-refractivity contribution in [1.29, 1.82) is 0 Å². The number of alkyl halides is 3. The Hall–Kier alpha value is -3.01. The van der Waals surface area contributed by atoms with E-state index < -0.39 is 17.8 Å². The van der Waals surface area contributed by atoms with Crippen molar-refractivity contribution in [3.05, 3.63) is 70.5 Å². The number of urea groups is 1. The number of rotatable bonds is 2. The molecule has 3 nitrogen and oxygen atoms in total. The summed E-state index contributed by atoms with van der Waals surface area (Å²) in [6, 6.07) is 8.34. The van der Waals surface area contributed by atoms with Crippen molar-refractivity contribution < 1.29 is 22.4 Å². The minimum absolute atomic E-state index is 0.0373. The smallest absolute Gasteiger partial charge is 0.331 e. The fourth-order valence-corrected chi connectivity index (χ4v) is 2.95. The summed E-state index contributed by atoms with van der Waals surface area (Å²) < 4.78 is 50.8. The van der Waals surface area contributed by atoms with E-state index in [1.807, 2.05) is 0 Å². The fourth-order valence-electron chi connectivity index (χ4n) is 2.95. The lowest BCUT2D eigenvalue weighted by atomic mass is 10.1. The maximum absolute atomic E-state index is 13.4. The standard InChI is InChI=1S/C20H16F4N2O/c21-16-9-5-14-6-10-18(17(14)12-16)26-19(27)25-11-1-2-13-3-7-15(8-4-13)20(22,23)24/h3-5,7-9,12,18H,6,10-11H2,(H2,25,26,27)/t18-/m0/s1.